The van der Waals surface area contributed by atoms with Gasteiger partial charge >= 0.3 is 0 Å². The number of halogens is 1. The standard InChI is InChI=1S/C16H11ClN2O3/c17-8-6-10-12(11(20)7-8)16(22)13(18)14(15(10)21)19-9-4-2-1-3-5-9/h1-7,19-20H,18H2. The highest BCUT2D eigenvalue weighted by molar-refractivity contribution is 6.33. The van der Waals surface area contributed by atoms with Crippen molar-refractivity contribution in [1.82, 2.24) is 0 Å². The highest BCUT2D eigenvalue weighted by atomic mass is 35.5. The molecule has 3 rings (SSSR count). The van der Waals surface area contributed by atoms with Crippen molar-refractivity contribution in [2.45, 2.75) is 0 Å². The number of carbonyl (C=O) groups excluding carboxylic acids is 2. The number of para-hydroxylation sites is 1. The van der Waals surface area contributed by atoms with E-state index >= 15 is 0 Å². The van der Waals surface area contributed by atoms with Crippen molar-refractivity contribution in [3.05, 3.63) is 70.0 Å². The van der Waals surface area contributed by atoms with Crippen LogP contribution in [0.2, 0.25) is 5.02 Å². The number of ketones is 2. The second kappa shape index (κ2) is 5.20. The van der Waals surface area contributed by atoms with Crippen LogP contribution in [0.15, 0.2) is 53.9 Å². The van der Waals surface area contributed by atoms with Gasteiger partial charge in [-0.25, -0.2) is 0 Å². The largest absolute Gasteiger partial charge is 0.507 e. The van der Waals surface area contributed by atoms with Gasteiger partial charge in [-0.05, 0) is 24.3 Å². The minimum atomic E-state index is -0.609. The predicted octanol–water partition coefficient (Wildman–Crippen LogP) is 2.71. The number of rotatable bonds is 2. The fraction of sp³-hybridized carbons (Fsp3) is 0. The second-order valence-electron chi connectivity index (χ2n) is 4.79. The first-order valence-electron chi connectivity index (χ1n) is 6.42. The van der Waals surface area contributed by atoms with Crippen LogP contribution in [-0.2, 0) is 0 Å². The molecule has 0 amide bonds. The number of phenols is 1. The first-order valence-corrected chi connectivity index (χ1v) is 6.80. The van der Waals surface area contributed by atoms with E-state index in [1.54, 1.807) is 24.3 Å². The van der Waals surface area contributed by atoms with Gasteiger partial charge in [0.25, 0.3) is 0 Å². The number of benzene rings is 2. The van der Waals surface area contributed by atoms with E-state index in [1.807, 2.05) is 6.07 Å². The number of aromatic hydroxyl groups is 1. The van der Waals surface area contributed by atoms with Crippen LogP contribution in [0.5, 0.6) is 5.75 Å². The molecule has 0 aliphatic heterocycles. The Balaban J connectivity index is 2.11. The lowest BCUT2D eigenvalue weighted by Crippen LogP contribution is -2.30. The number of hydrogen-bond acceptors (Lipinski definition) is 5. The molecule has 0 radical (unpaired) electrons. The molecule has 110 valence electrons. The van der Waals surface area contributed by atoms with Gasteiger partial charge in [0.1, 0.15) is 17.1 Å². The number of phenolic OH excluding ortho intramolecular Hbond substituents is 1. The lowest BCUT2D eigenvalue weighted by molar-refractivity contribution is 0.0972. The van der Waals surface area contributed by atoms with E-state index in [4.69, 9.17) is 17.3 Å². The molecule has 0 bridgehead atoms. The fourth-order valence-electron chi connectivity index (χ4n) is 2.31. The van der Waals surface area contributed by atoms with E-state index in [1.165, 1.54) is 12.1 Å². The summed E-state index contributed by atoms with van der Waals surface area (Å²) >= 11 is 5.85. The van der Waals surface area contributed by atoms with E-state index in [9.17, 15) is 14.7 Å². The quantitative estimate of drug-likeness (QED) is 0.792. The minimum Gasteiger partial charge on any atom is -0.507 e. The minimum absolute atomic E-state index is 0.0228. The van der Waals surface area contributed by atoms with Crippen LogP contribution in [0.25, 0.3) is 0 Å². The van der Waals surface area contributed by atoms with Crippen LogP contribution < -0.4 is 11.1 Å². The number of nitrogens with two attached hydrogens (primary N) is 1. The number of allylic oxidation sites excluding steroid dienone is 2. The maximum Gasteiger partial charge on any atom is 0.215 e. The molecule has 22 heavy (non-hydrogen) atoms. The predicted molar refractivity (Wildman–Crippen MR) is 83.1 cm³/mol. The molecular weight excluding hydrogens is 304 g/mol. The first-order chi connectivity index (χ1) is 10.5. The average Bonchev–Trinajstić information content (AvgIpc) is 2.50. The molecule has 0 heterocycles. The van der Waals surface area contributed by atoms with Gasteiger partial charge in [-0.3, -0.25) is 9.59 Å². The van der Waals surface area contributed by atoms with Gasteiger partial charge in [-0.1, -0.05) is 29.8 Å². The molecule has 0 atom stereocenters. The topological polar surface area (TPSA) is 92.4 Å². The summed E-state index contributed by atoms with van der Waals surface area (Å²) in [4.78, 5) is 24.9. The Kier molecular flexibility index (Phi) is 3.35. The van der Waals surface area contributed by atoms with Crippen molar-refractivity contribution in [1.29, 1.82) is 0 Å². The number of hydrogen-bond donors (Lipinski definition) is 3. The highest BCUT2D eigenvalue weighted by Gasteiger charge is 2.33. The molecule has 0 spiro atoms. The number of Topliss-reactive ketones (excluding diaryl/α,β-unsaturated/α-hetero) is 2. The number of nitrogens with one attached hydrogen (secondary N) is 1. The molecule has 0 saturated heterocycles. The lowest BCUT2D eigenvalue weighted by Gasteiger charge is -2.20. The van der Waals surface area contributed by atoms with Crippen LogP contribution in [0.1, 0.15) is 20.7 Å². The molecule has 1 aliphatic rings. The van der Waals surface area contributed by atoms with Gasteiger partial charge in [0, 0.05) is 16.3 Å². The van der Waals surface area contributed by atoms with Crippen LogP contribution in [-0.4, -0.2) is 16.7 Å². The molecule has 0 aromatic heterocycles. The van der Waals surface area contributed by atoms with E-state index in [0.717, 1.165) is 0 Å². The third-order valence-electron chi connectivity index (χ3n) is 3.34. The summed E-state index contributed by atoms with van der Waals surface area (Å²) in [6, 6.07) is 11.4. The Labute approximate surface area is 131 Å². The zero-order valence-corrected chi connectivity index (χ0v) is 12.0. The molecular formula is C16H11ClN2O3. The molecule has 5 nitrogen and oxygen atoms in total. The summed E-state index contributed by atoms with van der Waals surface area (Å²) in [6.07, 6.45) is 0. The summed E-state index contributed by atoms with van der Waals surface area (Å²) in [5.74, 6) is -1.46. The summed E-state index contributed by atoms with van der Waals surface area (Å²) in [7, 11) is 0. The number of anilines is 1. The maximum atomic E-state index is 12.6. The third kappa shape index (κ3) is 2.21. The van der Waals surface area contributed by atoms with Crippen LogP contribution in [0, 0.1) is 0 Å². The number of fused-ring (bicyclic) bond motifs is 1. The van der Waals surface area contributed by atoms with Gasteiger partial charge in [0.15, 0.2) is 0 Å². The van der Waals surface area contributed by atoms with Crippen molar-refractivity contribution >= 4 is 28.9 Å². The van der Waals surface area contributed by atoms with Crippen molar-refractivity contribution in [3.63, 3.8) is 0 Å². The molecule has 6 heteroatoms. The van der Waals surface area contributed by atoms with Crippen LogP contribution >= 0.6 is 11.6 Å². The molecule has 1 aliphatic carbocycles. The number of carbonyl (C=O) groups is 2. The molecule has 4 N–H and O–H groups in total. The van der Waals surface area contributed by atoms with Crippen molar-refractivity contribution in [3.8, 4) is 5.75 Å². The van der Waals surface area contributed by atoms with Gasteiger partial charge in [0.2, 0.25) is 11.6 Å². The zero-order valence-electron chi connectivity index (χ0n) is 11.3. The zero-order chi connectivity index (χ0) is 15.9. The smallest absolute Gasteiger partial charge is 0.215 e. The van der Waals surface area contributed by atoms with Gasteiger partial charge < -0.3 is 16.2 Å². The molecule has 2 aromatic rings. The van der Waals surface area contributed by atoms with Gasteiger partial charge in [-0.2, -0.15) is 0 Å². The second-order valence-corrected chi connectivity index (χ2v) is 5.22. The van der Waals surface area contributed by atoms with Gasteiger partial charge in [0.05, 0.1) is 5.56 Å². The third-order valence-corrected chi connectivity index (χ3v) is 3.56. The van der Waals surface area contributed by atoms with Gasteiger partial charge in [-0.15, -0.1) is 0 Å². The summed E-state index contributed by atoms with van der Waals surface area (Å²) in [6.45, 7) is 0. The highest BCUT2D eigenvalue weighted by Crippen LogP contribution is 2.33. The Morgan fingerprint density at radius 2 is 1.73 bits per heavy atom. The first kappa shape index (κ1) is 14.2. The van der Waals surface area contributed by atoms with E-state index < -0.39 is 11.6 Å². The summed E-state index contributed by atoms with van der Waals surface area (Å²) < 4.78 is 0. The molecule has 0 saturated carbocycles. The SMILES string of the molecule is NC1=C(Nc2ccccc2)C(=O)c2cc(Cl)cc(O)c2C1=O. The van der Waals surface area contributed by atoms with Crippen molar-refractivity contribution in [2.24, 2.45) is 5.73 Å². The van der Waals surface area contributed by atoms with E-state index in [0.29, 0.717) is 5.69 Å². The Hall–Kier alpha value is -2.79. The monoisotopic (exact) mass is 314 g/mol. The van der Waals surface area contributed by atoms with Crippen molar-refractivity contribution in [2.75, 3.05) is 5.32 Å². The molecule has 0 fully saturated rings. The lowest BCUT2D eigenvalue weighted by atomic mass is 9.89. The Bertz CT molecular complexity index is 829. The normalized spacial score (nSPS) is 14.0. The summed E-state index contributed by atoms with van der Waals surface area (Å²) in [5.41, 5.74) is 6.06. The maximum absolute atomic E-state index is 12.6. The Morgan fingerprint density at radius 3 is 2.41 bits per heavy atom. The van der Waals surface area contributed by atoms with Crippen LogP contribution in [0.4, 0.5) is 5.69 Å². The summed E-state index contributed by atoms with van der Waals surface area (Å²) in [5, 5.41) is 12.9. The Morgan fingerprint density at radius 1 is 1.05 bits per heavy atom. The van der Waals surface area contributed by atoms with E-state index in [2.05, 4.69) is 5.32 Å². The molecule has 2 aromatic carbocycles. The van der Waals surface area contributed by atoms with E-state index in [-0.39, 0.29) is 33.3 Å². The average molecular weight is 315 g/mol. The fourth-order valence-corrected chi connectivity index (χ4v) is 2.52. The molecule has 0 unspecified atom stereocenters. The van der Waals surface area contributed by atoms with Crippen molar-refractivity contribution < 1.29 is 14.7 Å². The van der Waals surface area contributed by atoms with Crippen LogP contribution in [0.3, 0.4) is 0 Å².